The average molecular weight is 525 g/mol. The number of aryl methyl sites for hydroxylation is 1. The van der Waals surface area contributed by atoms with Crippen LogP contribution in [0.3, 0.4) is 0 Å². The second kappa shape index (κ2) is 11.0. The number of amides is 2. The first kappa shape index (κ1) is 25.3. The van der Waals surface area contributed by atoms with E-state index in [0.717, 1.165) is 11.6 Å². The van der Waals surface area contributed by atoms with E-state index >= 15 is 0 Å². The van der Waals surface area contributed by atoms with Crippen LogP contribution in [0.4, 0.5) is 9.18 Å². The lowest BCUT2D eigenvalue weighted by molar-refractivity contribution is -0.140. The Hall–Kier alpha value is -5.35. The van der Waals surface area contributed by atoms with Gasteiger partial charge in [-0.1, -0.05) is 24.3 Å². The van der Waals surface area contributed by atoms with Crippen LogP contribution in [0.15, 0.2) is 71.9 Å². The van der Waals surface area contributed by atoms with Crippen LogP contribution in [0.1, 0.15) is 40.3 Å². The number of benzene rings is 3. The molecule has 10 heteroatoms. The summed E-state index contributed by atoms with van der Waals surface area (Å²) in [6, 6.07) is 18.4. The number of rotatable bonds is 7. The summed E-state index contributed by atoms with van der Waals surface area (Å²) < 4.78 is 30.1. The average Bonchev–Trinajstić information content (AvgIpc) is 3.43. The van der Waals surface area contributed by atoms with E-state index in [1.807, 2.05) is 18.2 Å². The van der Waals surface area contributed by atoms with E-state index in [4.69, 9.17) is 24.7 Å². The van der Waals surface area contributed by atoms with Gasteiger partial charge in [-0.05, 0) is 65.9 Å². The Morgan fingerprint density at radius 2 is 1.74 bits per heavy atom. The van der Waals surface area contributed by atoms with E-state index in [-0.39, 0.29) is 24.5 Å². The molecule has 9 nitrogen and oxygen atoms in total. The molecule has 2 aliphatic heterocycles. The highest BCUT2D eigenvalue weighted by molar-refractivity contribution is 5.95. The topological polar surface area (TPSA) is 133 Å². The molecule has 39 heavy (non-hydrogen) atoms. The van der Waals surface area contributed by atoms with Gasteiger partial charge in [0, 0.05) is 5.70 Å². The summed E-state index contributed by atoms with van der Waals surface area (Å²) in [4.78, 5) is 26.1. The van der Waals surface area contributed by atoms with Crippen molar-refractivity contribution in [2.75, 3.05) is 6.79 Å². The van der Waals surface area contributed by atoms with Crippen molar-refractivity contribution in [3.63, 3.8) is 0 Å². The lowest BCUT2D eigenvalue weighted by Gasteiger charge is -2.29. The second-order valence-electron chi connectivity index (χ2n) is 8.85. The largest absolute Gasteiger partial charge is 0.457 e. The summed E-state index contributed by atoms with van der Waals surface area (Å²) in [6.07, 6.45) is 0.784. The van der Waals surface area contributed by atoms with Crippen molar-refractivity contribution in [3.8, 4) is 23.6 Å². The number of urea groups is 1. The van der Waals surface area contributed by atoms with Crippen LogP contribution in [0, 0.1) is 28.5 Å². The third-order valence-corrected chi connectivity index (χ3v) is 6.37. The Morgan fingerprint density at radius 1 is 0.974 bits per heavy atom. The van der Waals surface area contributed by atoms with Gasteiger partial charge in [0.1, 0.15) is 18.5 Å². The Balaban J connectivity index is 1.44. The summed E-state index contributed by atoms with van der Waals surface area (Å²) >= 11 is 0. The van der Waals surface area contributed by atoms with Gasteiger partial charge in [0.05, 0.1) is 28.8 Å². The van der Waals surface area contributed by atoms with E-state index in [9.17, 15) is 14.0 Å². The van der Waals surface area contributed by atoms with Crippen LogP contribution in [-0.4, -0.2) is 18.8 Å². The molecule has 0 bridgehead atoms. The predicted octanol–water partition coefficient (Wildman–Crippen LogP) is 4.28. The van der Waals surface area contributed by atoms with Crippen molar-refractivity contribution in [1.82, 2.24) is 10.6 Å². The molecular weight excluding hydrogens is 503 g/mol. The Kier molecular flexibility index (Phi) is 7.11. The molecule has 0 fully saturated rings. The quantitative estimate of drug-likeness (QED) is 0.441. The van der Waals surface area contributed by atoms with Gasteiger partial charge in [0.15, 0.2) is 11.5 Å². The molecule has 2 heterocycles. The first-order valence-corrected chi connectivity index (χ1v) is 12.0. The third kappa shape index (κ3) is 5.50. The highest BCUT2D eigenvalue weighted by Crippen LogP contribution is 2.34. The summed E-state index contributed by atoms with van der Waals surface area (Å²) in [6.45, 7) is -0.0569. The first-order valence-electron chi connectivity index (χ1n) is 12.0. The number of esters is 1. The van der Waals surface area contributed by atoms with Crippen LogP contribution >= 0.6 is 0 Å². The summed E-state index contributed by atoms with van der Waals surface area (Å²) in [5.74, 6) is -0.0814. The smallest absolute Gasteiger partial charge is 0.338 e. The lowest BCUT2D eigenvalue weighted by Crippen LogP contribution is -2.46. The van der Waals surface area contributed by atoms with Gasteiger partial charge in [-0.25, -0.2) is 14.0 Å². The van der Waals surface area contributed by atoms with Gasteiger partial charge >= 0.3 is 12.0 Å². The highest BCUT2D eigenvalue weighted by atomic mass is 19.1. The number of nitriles is 2. The fourth-order valence-electron chi connectivity index (χ4n) is 4.40. The number of nitrogens with one attached hydrogen (secondary N) is 2. The highest BCUT2D eigenvalue weighted by Gasteiger charge is 2.33. The van der Waals surface area contributed by atoms with Crippen LogP contribution in [0.25, 0.3) is 0 Å². The van der Waals surface area contributed by atoms with Gasteiger partial charge in [0.25, 0.3) is 0 Å². The molecule has 0 saturated carbocycles. The monoisotopic (exact) mass is 524 g/mol. The predicted molar refractivity (Wildman–Crippen MR) is 134 cm³/mol. The molecule has 2 aliphatic rings. The van der Waals surface area contributed by atoms with E-state index < -0.39 is 23.9 Å². The summed E-state index contributed by atoms with van der Waals surface area (Å²) in [5.41, 5.74) is 2.79. The van der Waals surface area contributed by atoms with Gasteiger partial charge < -0.3 is 24.8 Å². The summed E-state index contributed by atoms with van der Waals surface area (Å²) in [7, 11) is 0. The van der Waals surface area contributed by atoms with Crippen molar-refractivity contribution in [3.05, 3.63) is 106 Å². The first-order chi connectivity index (χ1) is 18.9. The maximum atomic E-state index is 13.7. The second-order valence-corrected chi connectivity index (χ2v) is 8.85. The number of carbonyl (C=O) groups excluding carboxylic acids is 2. The van der Waals surface area contributed by atoms with E-state index in [2.05, 4.69) is 10.6 Å². The van der Waals surface area contributed by atoms with Crippen molar-refractivity contribution < 1.29 is 28.2 Å². The standard InChI is InChI=1S/C29H21FN4O5/c30-22-8-3-19(11-21(22)14-32)15-37-28(35)26-23(9-4-17-5-10-24-25(12-17)39-16-38-24)33-29(36)34-27(26)20-6-1-18(13-31)2-7-20/h1-3,5-8,10-12,27H,4,9,15-16H2,(H2,33,34,36). The van der Waals surface area contributed by atoms with E-state index in [1.54, 1.807) is 36.4 Å². The Bertz CT molecular complexity index is 1570. The molecule has 1 atom stereocenters. The summed E-state index contributed by atoms with van der Waals surface area (Å²) in [5, 5.41) is 23.8. The number of ether oxygens (including phenoxy) is 3. The van der Waals surface area contributed by atoms with Crippen molar-refractivity contribution in [2.24, 2.45) is 0 Å². The SMILES string of the molecule is N#Cc1ccc(C2NC(=O)NC(CCc3ccc4c(c3)OCO4)=C2C(=O)OCc2ccc(F)c(C#N)c2)cc1. The number of allylic oxidation sites excluding steroid dienone is 1. The minimum Gasteiger partial charge on any atom is -0.457 e. The lowest BCUT2D eigenvalue weighted by atomic mass is 9.92. The zero-order valence-corrected chi connectivity index (χ0v) is 20.5. The number of hydrogen-bond donors (Lipinski definition) is 2. The zero-order valence-electron chi connectivity index (χ0n) is 20.5. The minimum atomic E-state index is -0.839. The molecule has 2 N–H and O–H groups in total. The number of carbonyl (C=O) groups is 2. The molecule has 5 rings (SSSR count). The molecule has 0 saturated heterocycles. The van der Waals surface area contributed by atoms with Gasteiger partial charge in [0.2, 0.25) is 6.79 Å². The van der Waals surface area contributed by atoms with Crippen LogP contribution in [0.5, 0.6) is 11.5 Å². The number of nitrogens with zero attached hydrogens (tertiary/aromatic N) is 2. The maximum absolute atomic E-state index is 13.7. The number of fused-ring (bicyclic) bond motifs is 1. The third-order valence-electron chi connectivity index (χ3n) is 6.37. The van der Waals surface area contributed by atoms with Crippen molar-refractivity contribution in [1.29, 1.82) is 10.5 Å². The fraction of sp³-hybridized carbons (Fsp3) is 0.172. The molecule has 0 aromatic heterocycles. The molecule has 3 aromatic rings. The molecule has 0 aliphatic carbocycles. The molecule has 0 spiro atoms. The maximum Gasteiger partial charge on any atom is 0.338 e. The van der Waals surface area contributed by atoms with E-state index in [1.165, 1.54) is 12.1 Å². The molecule has 2 amide bonds. The normalized spacial score (nSPS) is 15.6. The minimum absolute atomic E-state index is 0.151. The zero-order chi connectivity index (χ0) is 27.4. The molecular formula is C29H21FN4O5. The van der Waals surface area contributed by atoms with E-state index in [0.29, 0.717) is 46.7 Å². The molecule has 194 valence electrons. The van der Waals surface area contributed by atoms with Crippen LogP contribution < -0.4 is 20.1 Å². The Morgan fingerprint density at radius 3 is 2.51 bits per heavy atom. The van der Waals surface area contributed by atoms with Crippen LogP contribution in [-0.2, 0) is 22.6 Å². The number of hydrogen-bond acceptors (Lipinski definition) is 7. The van der Waals surface area contributed by atoms with Crippen LogP contribution in [0.2, 0.25) is 0 Å². The molecule has 1 unspecified atom stereocenters. The fourth-order valence-corrected chi connectivity index (χ4v) is 4.40. The van der Waals surface area contributed by atoms with Crippen molar-refractivity contribution >= 4 is 12.0 Å². The molecule has 3 aromatic carbocycles. The van der Waals surface area contributed by atoms with Gasteiger partial charge in [-0.2, -0.15) is 10.5 Å². The Labute approximate surface area is 223 Å². The van der Waals surface area contributed by atoms with Gasteiger partial charge in [-0.15, -0.1) is 0 Å². The van der Waals surface area contributed by atoms with Crippen molar-refractivity contribution in [2.45, 2.75) is 25.5 Å². The molecule has 0 radical (unpaired) electrons. The van der Waals surface area contributed by atoms with Gasteiger partial charge in [-0.3, -0.25) is 0 Å². The number of halogens is 1.